The predicted molar refractivity (Wildman–Crippen MR) is 86.4 cm³/mol. The molecule has 0 saturated carbocycles. The summed E-state index contributed by atoms with van der Waals surface area (Å²) in [4.78, 5) is 11.2. The second kappa shape index (κ2) is 6.04. The van der Waals surface area contributed by atoms with Gasteiger partial charge < -0.3 is 14.6 Å². The monoisotopic (exact) mass is 349 g/mol. The Bertz CT molecular complexity index is 893. The number of carbonyl (C=O) groups is 1. The maximum absolute atomic E-state index is 13.0. The smallest absolute Gasteiger partial charge is 0.339 e. The van der Waals surface area contributed by atoms with Gasteiger partial charge in [0.15, 0.2) is 0 Å². The molecule has 126 valence electrons. The number of rotatable bonds is 4. The van der Waals surface area contributed by atoms with Crippen LogP contribution >= 0.6 is 0 Å². The number of methoxy groups -OCH3 is 1. The van der Waals surface area contributed by atoms with Crippen LogP contribution in [-0.2, 0) is 10.0 Å². The molecule has 1 N–H and O–H groups in total. The topological polar surface area (TPSA) is 93.1 Å². The van der Waals surface area contributed by atoms with E-state index in [0.717, 1.165) is 6.07 Å². The molecule has 1 heterocycles. The van der Waals surface area contributed by atoms with Crippen molar-refractivity contribution in [3.05, 3.63) is 48.0 Å². The van der Waals surface area contributed by atoms with Crippen LogP contribution in [0.2, 0.25) is 0 Å². The lowest BCUT2D eigenvalue weighted by atomic mass is 10.2. The normalized spacial score (nSPS) is 13.8. The molecule has 0 aliphatic carbocycles. The Morgan fingerprint density at radius 3 is 2.71 bits per heavy atom. The molecule has 0 bridgehead atoms. The van der Waals surface area contributed by atoms with Crippen molar-refractivity contribution < 1.29 is 27.8 Å². The first kappa shape index (κ1) is 16.1. The zero-order chi connectivity index (χ0) is 17.3. The van der Waals surface area contributed by atoms with E-state index in [9.17, 15) is 18.3 Å². The van der Waals surface area contributed by atoms with Crippen LogP contribution in [0.15, 0.2) is 47.4 Å². The van der Waals surface area contributed by atoms with Crippen LogP contribution < -0.4 is 13.8 Å². The van der Waals surface area contributed by atoms with E-state index in [1.54, 1.807) is 24.3 Å². The van der Waals surface area contributed by atoms with Gasteiger partial charge in [0.2, 0.25) is 0 Å². The molecule has 0 amide bonds. The fourth-order valence-corrected chi connectivity index (χ4v) is 4.02. The highest BCUT2D eigenvalue weighted by Crippen LogP contribution is 2.35. The number of sulfonamides is 1. The number of ether oxygens (including phenoxy) is 2. The van der Waals surface area contributed by atoms with Crippen LogP contribution in [0.3, 0.4) is 0 Å². The highest BCUT2D eigenvalue weighted by molar-refractivity contribution is 7.92. The number of hydrogen-bond donors (Lipinski definition) is 1. The van der Waals surface area contributed by atoms with Crippen molar-refractivity contribution in [1.29, 1.82) is 0 Å². The van der Waals surface area contributed by atoms with Gasteiger partial charge in [-0.2, -0.15) is 0 Å². The van der Waals surface area contributed by atoms with Crippen LogP contribution in [0, 0.1) is 0 Å². The largest absolute Gasteiger partial charge is 0.496 e. The highest BCUT2D eigenvalue weighted by Gasteiger charge is 2.31. The summed E-state index contributed by atoms with van der Waals surface area (Å²) in [5, 5.41) is 9.25. The minimum absolute atomic E-state index is 0.101. The van der Waals surface area contributed by atoms with E-state index in [1.165, 1.54) is 23.5 Å². The van der Waals surface area contributed by atoms with Crippen LogP contribution in [0.1, 0.15) is 10.4 Å². The standard InChI is InChI=1S/C16H15NO6S/c1-22-14-7-6-11(10-12(14)16(18)19)24(20,21)17-8-9-23-15-5-3-2-4-13(15)17/h2-7,10H,8-9H2,1H3,(H,18,19). The van der Waals surface area contributed by atoms with Crippen molar-refractivity contribution in [3.63, 3.8) is 0 Å². The lowest BCUT2D eigenvalue weighted by Crippen LogP contribution is -2.37. The van der Waals surface area contributed by atoms with Gasteiger partial charge in [-0.05, 0) is 30.3 Å². The summed E-state index contributed by atoms with van der Waals surface area (Å²) >= 11 is 0. The van der Waals surface area contributed by atoms with Gasteiger partial charge in [0.05, 0.1) is 24.2 Å². The Morgan fingerprint density at radius 2 is 2.00 bits per heavy atom. The Hall–Kier alpha value is -2.74. The minimum Gasteiger partial charge on any atom is -0.496 e. The molecule has 0 atom stereocenters. The third-order valence-corrected chi connectivity index (χ3v) is 5.48. The number of anilines is 1. The molecule has 1 aliphatic rings. The fraction of sp³-hybridized carbons (Fsp3) is 0.188. The quantitative estimate of drug-likeness (QED) is 0.907. The lowest BCUT2D eigenvalue weighted by molar-refractivity contribution is 0.0693. The number of carboxylic acids is 1. The first-order chi connectivity index (χ1) is 11.4. The van der Waals surface area contributed by atoms with Crippen LogP contribution in [0.4, 0.5) is 5.69 Å². The Kier molecular flexibility index (Phi) is 4.06. The Morgan fingerprint density at radius 1 is 1.25 bits per heavy atom. The van der Waals surface area contributed by atoms with Gasteiger partial charge in [-0.15, -0.1) is 0 Å². The molecule has 0 unspecified atom stereocenters. The number of fused-ring (bicyclic) bond motifs is 1. The van der Waals surface area contributed by atoms with Gasteiger partial charge in [0, 0.05) is 0 Å². The maximum atomic E-state index is 13.0. The van der Waals surface area contributed by atoms with Crippen LogP contribution in [0.25, 0.3) is 0 Å². The average molecular weight is 349 g/mol. The van der Waals surface area contributed by atoms with Gasteiger partial charge in [0.1, 0.15) is 23.7 Å². The molecule has 0 saturated heterocycles. The molecule has 8 heteroatoms. The Balaban J connectivity index is 2.10. The average Bonchev–Trinajstić information content (AvgIpc) is 2.60. The van der Waals surface area contributed by atoms with Crippen molar-refractivity contribution in [2.24, 2.45) is 0 Å². The SMILES string of the molecule is COc1ccc(S(=O)(=O)N2CCOc3ccccc32)cc1C(=O)O. The van der Waals surface area contributed by atoms with E-state index in [-0.39, 0.29) is 29.4 Å². The molecule has 24 heavy (non-hydrogen) atoms. The molecular weight excluding hydrogens is 334 g/mol. The number of carboxylic acid groups (broad SMARTS) is 1. The van der Waals surface area contributed by atoms with Gasteiger partial charge in [-0.3, -0.25) is 4.31 Å². The second-order valence-electron chi connectivity index (χ2n) is 5.06. The number of nitrogens with zero attached hydrogens (tertiary/aromatic N) is 1. The summed E-state index contributed by atoms with van der Waals surface area (Å²) in [6.07, 6.45) is 0. The van der Waals surface area contributed by atoms with Crippen molar-refractivity contribution in [3.8, 4) is 11.5 Å². The summed E-state index contributed by atoms with van der Waals surface area (Å²) in [7, 11) is -2.59. The molecule has 0 spiro atoms. The number of para-hydroxylation sites is 2. The van der Waals surface area contributed by atoms with E-state index in [1.807, 2.05) is 0 Å². The van der Waals surface area contributed by atoms with Crippen molar-refractivity contribution >= 4 is 21.7 Å². The third-order valence-electron chi connectivity index (χ3n) is 3.68. The summed E-state index contributed by atoms with van der Waals surface area (Å²) in [6.45, 7) is 0.367. The molecule has 1 aliphatic heterocycles. The Labute approximate surface area is 139 Å². The van der Waals surface area contributed by atoms with Crippen molar-refractivity contribution in [2.75, 3.05) is 24.6 Å². The second-order valence-corrected chi connectivity index (χ2v) is 6.92. The third kappa shape index (κ3) is 2.65. The highest BCUT2D eigenvalue weighted by atomic mass is 32.2. The fourth-order valence-electron chi connectivity index (χ4n) is 2.54. The predicted octanol–water partition coefficient (Wildman–Crippen LogP) is 1.98. The summed E-state index contributed by atoms with van der Waals surface area (Å²) < 4.78 is 37.6. The molecule has 2 aromatic rings. The zero-order valence-electron chi connectivity index (χ0n) is 12.8. The molecule has 7 nitrogen and oxygen atoms in total. The van der Waals surface area contributed by atoms with Gasteiger partial charge in [-0.25, -0.2) is 13.2 Å². The summed E-state index contributed by atoms with van der Waals surface area (Å²) in [5.41, 5.74) is 0.219. The molecule has 3 rings (SSSR count). The molecular formula is C16H15NO6S. The van der Waals surface area contributed by atoms with E-state index < -0.39 is 16.0 Å². The van der Waals surface area contributed by atoms with E-state index in [4.69, 9.17) is 9.47 Å². The van der Waals surface area contributed by atoms with E-state index in [0.29, 0.717) is 11.4 Å². The number of aromatic carboxylic acids is 1. The number of benzene rings is 2. The molecule has 0 fully saturated rings. The van der Waals surface area contributed by atoms with Crippen molar-refractivity contribution in [1.82, 2.24) is 0 Å². The summed E-state index contributed by atoms with van der Waals surface area (Å²) in [6, 6.07) is 10.6. The molecule has 0 aromatic heterocycles. The lowest BCUT2D eigenvalue weighted by Gasteiger charge is -2.30. The van der Waals surface area contributed by atoms with Gasteiger partial charge in [0.25, 0.3) is 10.0 Å². The van der Waals surface area contributed by atoms with E-state index in [2.05, 4.69) is 0 Å². The van der Waals surface area contributed by atoms with Gasteiger partial charge >= 0.3 is 5.97 Å². The maximum Gasteiger partial charge on any atom is 0.339 e. The first-order valence-corrected chi connectivity index (χ1v) is 8.55. The zero-order valence-corrected chi connectivity index (χ0v) is 13.6. The van der Waals surface area contributed by atoms with E-state index >= 15 is 0 Å². The first-order valence-electron chi connectivity index (χ1n) is 7.11. The van der Waals surface area contributed by atoms with Crippen LogP contribution in [0.5, 0.6) is 11.5 Å². The number of hydrogen-bond acceptors (Lipinski definition) is 5. The van der Waals surface area contributed by atoms with Gasteiger partial charge in [-0.1, -0.05) is 12.1 Å². The molecule has 2 aromatic carbocycles. The van der Waals surface area contributed by atoms with Crippen LogP contribution in [-0.4, -0.2) is 39.8 Å². The van der Waals surface area contributed by atoms with Crippen molar-refractivity contribution in [2.45, 2.75) is 4.90 Å². The summed E-state index contributed by atoms with van der Waals surface area (Å²) in [5.74, 6) is -0.686. The minimum atomic E-state index is -3.92. The molecule has 0 radical (unpaired) electrons.